The minimum absolute atomic E-state index is 0.150. The molecule has 1 saturated heterocycles. The highest BCUT2D eigenvalue weighted by Crippen LogP contribution is 2.26. The van der Waals surface area contributed by atoms with Crippen LogP contribution in [0.2, 0.25) is 0 Å². The first-order valence-corrected chi connectivity index (χ1v) is 7.91. The number of rotatable bonds is 3. The second-order valence-electron chi connectivity index (χ2n) is 6.12. The Kier molecular flexibility index (Phi) is 4.02. The van der Waals surface area contributed by atoms with Gasteiger partial charge in [-0.2, -0.15) is 15.1 Å². The molecule has 122 valence electrons. The van der Waals surface area contributed by atoms with Crippen molar-refractivity contribution in [1.29, 1.82) is 0 Å². The van der Waals surface area contributed by atoms with Gasteiger partial charge in [0.25, 0.3) is 5.95 Å². The first kappa shape index (κ1) is 15.5. The van der Waals surface area contributed by atoms with Gasteiger partial charge in [-0.05, 0) is 39.7 Å². The van der Waals surface area contributed by atoms with Crippen molar-refractivity contribution >= 4 is 17.5 Å². The number of hydrogen-bond acceptors (Lipinski definition) is 5. The maximum absolute atomic E-state index is 11.4. The van der Waals surface area contributed by atoms with Crippen LogP contribution in [0.25, 0.3) is 5.95 Å². The Morgan fingerprint density at radius 3 is 2.65 bits per heavy atom. The Hall–Kier alpha value is -2.44. The van der Waals surface area contributed by atoms with Gasteiger partial charge >= 0.3 is 0 Å². The van der Waals surface area contributed by atoms with Crippen LogP contribution in [0.4, 0.5) is 11.6 Å². The number of aromatic nitrogens is 4. The van der Waals surface area contributed by atoms with Gasteiger partial charge in [0.1, 0.15) is 11.6 Å². The minimum atomic E-state index is -0.150. The molecule has 0 bridgehead atoms. The first-order chi connectivity index (χ1) is 10.9. The van der Waals surface area contributed by atoms with Crippen molar-refractivity contribution in [1.82, 2.24) is 19.7 Å². The third-order valence-corrected chi connectivity index (χ3v) is 4.05. The summed E-state index contributed by atoms with van der Waals surface area (Å²) in [5.74, 6) is 1.67. The molecule has 1 unspecified atom stereocenters. The molecule has 3 rings (SSSR count). The molecule has 2 aromatic rings. The quantitative estimate of drug-likeness (QED) is 0.940. The van der Waals surface area contributed by atoms with E-state index in [0.717, 1.165) is 36.6 Å². The Morgan fingerprint density at radius 2 is 2.09 bits per heavy atom. The van der Waals surface area contributed by atoms with Gasteiger partial charge in [-0.25, -0.2) is 4.68 Å². The normalized spacial score (nSPS) is 17.6. The fourth-order valence-corrected chi connectivity index (χ4v) is 3.01. The highest BCUT2D eigenvalue weighted by molar-refractivity contribution is 5.88. The van der Waals surface area contributed by atoms with E-state index >= 15 is 0 Å². The highest BCUT2D eigenvalue weighted by atomic mass is 16.1. The summed E-state index contributed by atoms with van der Waals surface area (Å²) in [6.07, 6.45) is 2.30. The van der Waals surface area contributed by atoms with Gasteiger partial charge in [0.05, 0.1) is 5.69 Å². The maximum Gasteiger partial charge on any atom is 0.254 e. The van der Waals surface area contributed by atoms with E-state index in [4.69, 9.17) is 0 Å². The van der Waals surface area contributed by atoms with Crippen LogP contribution in [-0.4, -0.2) is 38.2 Å². The number of aryl methyl sites for hydroxylation is 2. The van der Waals surface area contributed by atoms with Gasteiger partial charge in [-0.15, -0.1) is 0 Å². The van der Waals surface area contributed by atoms with Crippen LogP contribution in [-0.2, 0) is 4.79 Å². The lowest BCUT2D eigenvalue weighted by atomic mass is 10.2. The smallest absolute Gasteiger partial charge is 0.254 e. The number of anilines is 2. The van der Waals surface area contributed by atoms with E-state index < -0.39 is 0 Å². The average molecular weight is 314 g/mol. The molecule has 0 aliphatic carbocycles. The Balaban J connectivity index is 2.07. The second kappa shape index (κ2) is 5.98. The molecule has 1 amide bonds. The van der Waals surface area contributed by atoms with Crippen LogP contribution in [0.3, 0.4) is 0 Å². The summed E-state index contributed by atoms with van der Waals surface area (Å²) in [7, 11) is 0. The Bertz CT molecular complexity index is 738. The molecular formula is C16H22N6O. The standard InChI is InChI=1S/C16H22N6O/c1-10-8-12(3)22(20-10)16-18-14(17-13(4)23)9-15(19-16)21-7-5-6-11(21)2/h8-9,11H,5-7H2,1-4H3,(H,17,18,19,23). The van der Waals surface area contributed by atoms with Gasteiger partial charge in [0, 0.05) is 31.3 Å². The molecule has 7 nitrogen and oxygen atoms in total. The van der Waals surface area contributed by atoms with Gasteiger partial charge < -0.3 is 10.2 Å². The Morgan fingerprint density at radius 1 is 1.30 bits per heavy atom. The zero-order valence-corrected chi connectivity index (χ0v) is 14.0. The minimum Gasteiger partial charge on any atom is -0.354 e. The van der Waals surface area contributed by atoms with E-state index in [9.17, 15) is 4.79 Å². The maximum atomic E-state index is 11.4. The molecular weight excluding hydrogens is 292 g/mol. The van der Waals surface area contributed by atoms with Crippen molar-refractivity contribution in [3.8, 4) is 5.95 Å². The molecule has 1 aliphatic heterocycles. The lowest BCUT2D eigenvalue weighted by molar-refractivity contribution is -0.114. The largest absolute Gasteiger partial charge is 0.354 e. The van der Waals surface area contributed by atoms with Gasteiger partial charge in [0.2, 0.25) is 5.91 Å². The molecule has 23 heavy (non-hydrogen) atoms. The number of amides is 1. The van der Waals surface area contributed by atoms with Crippen molar-refractivity contribution in [2.24, 2.45) is 0 Å². The van der Waals surface area contributed by atoms with Gasteiger partial charge in [-0.1, -0.05) is 0 Å². The fourth-order valence-electron chi connectivity index (χ4n) is 3.01. The average Bonchev–Trinajstić information content (AvgIpc) is 3.03. The summed E-state index contributed by atoms with van der Waals surface area (Å²) < 4.78 is 1.71. The molecule has 2 aromatic heterocycles. The monoisotopic (exact) mass is 314 g/mol. The molecule has 1 atom stereocenters. The summed E-state index contributed by atoms with van der Waals surface area (Å²) >= 11 is 0. The molecule has 1 N–H and O–H groups in total. The predicted molar refractivity (Wildman–Crippen MR) is 89.0 cm³/mol. The van der Waals surface area contributed by atoms with Crippen LogP contribution < -0.4 is 10.2 Å². The zero-order valence-electron chi connectivity index (χ0n) is 14.0. The van der Waals surface area contributed by atoms with Crippen LogP contribution in [0.15, 0.2) is 12.1 Å². The molecule has 0 aromatic carbocycles. The van der Waals surface area contributed by atoms with E-state index in [1.807, 2.05) is 26.0 Å². The van der Waals surface area contributed by atoms with E-state index in [1.54, 1.807) is 4.68 Å². The van der Waals surface area contributed by atoms with Crippen LogP contribution in [0.5, 0.6) is 0 Å². The highest BCUT2D eigenvalue weighted by Gasteiger charge is 2.23. The lowest BCUT2D eigenvalue weighted by Gasteiger charge is -2.23. The lowest BCUT2D eigenvalue weighted by Crippen LogP contribution is -2.28. The predicted octanol–water partition coefficient (Wildman–Crippen LogP) is 2.23. The summed E-state index contributed by atoms with van der Waals surface area (Å²) in [4.78, 5) is 22.8. The third-order valence-electron chi connectivity index (χ3n) is 4.05. The third kappa shape index (κ3) is 3.18. The molecule has 1 aliphatic rings. The summed E-state index contributed by atoms with van der Waals surface area (Å²) in [6, 6.07) is 4.24. The number of hydrogen-bond donors (Lipinski definition) is 1. The SMILES string of the molecule is CC(=O)Nc1cc(N2CCCC2C)nc(-n2nc(C)cc2C)n1. The van der Waals surface area contributed by atoms with E-state index in [-0.39, 0.29) is 5.91 Å². The van der Waals surface area contributed by atoms with E-state index in [2.05, 4.69) is 32.2 Å². The summed E-state index contributed by atoms with van der Waals surface area (Å²) in [5, 5.41) is 7.21. The van der Waals surface area contributed by atoms with Crippen molar-refractivity contribution in [2.45, 2.75) is 46.6 Å². The molecule has 7 heteroatoms. The van der Waals surface area contributed by atoms with Crippen molar-refractivity contribution in [3.05, 3.63) is 23.5 Å². The number of nitrogens with zero attached hydrogens (tertiary/aromatic N) is 5. The van der Waals surface area contributed by atoms with Crippen molar-refractivity contribution in [3.63, 3.8) is 0 Å². The zero-order chi connectivity index (χ0) is 16.6. The van der Waals surface area contributed by atoms with Crippen LogP contribution in [0.1, 0.15) is 38.1 Å². The number of carbonyl (C=O) groups excluding carboxylic acids is 1. The summed E-state index contributed by atoms with van der Waals surface area (Å²) in [6.45, 7) is 8.53. The van der Waals surface area contributed by atoms with E-state index in [1.165, 1.54) is 6.92 Å². The molecule has 0 radical (unpaired) electrons. The summed E-state index contributed by atoms with van der Waals surface area (Å²) in [5.41, 5.74) is 1.87. The molecule has 1 fully saturated rings. The van der Waals surface area contributed by atoms with Gasteiger partial charge in [0.15, 0.2) is 0 Å². The topological polar surface area (TPSA) is 75.9 Å². The molecule has 0 spiro atoms. The fraction of sp³-hybridized carbons (Fsp3) is 0.500. The number of carbonyl (C=O) groups is 1. The number of nitrogens with one attached hydrogen (secondary N) is 1. The van der Waals surface area contributed by atoms with Crippen LogP contribution in [0, 0.1) is 13.8 Å². The molecule has 3 heterocycles. The second-order valence-corrected chi connectivity index (χ2v) is 6.12. The van der Waals surface area contributed by atoms with Crippen molar-refractivity contribution < 1.29 is 4.79 Å². The van der Waals surface area contributed by atoms with Crippen molar-refractivity contribution in [2.75, 3.05) is 16.8 Å². The van der Waals surface area contributed by atoms with Crippen LogP contribution >= 0.6 is 0 Å². The van der Waals surface area contributed by atoms with Gasteiger partial charge in [-0.3, -0.25) is 4.79 Å². The Labute approximate surface area is 135 Å². The van der Waals surface area contributed by atoms with E-state index in [0.29, 0.717) is 17.8 Å². The molecule has 0 saturated carbocycles. The first-order valence-electron chi connectivity index (χ1n) is 7.91.